The highest BCUT2D eigenvalue weighted by Gasteiger charge is 2.39. The van der Waals surface area contributed by atoms with Crippen LogP contribution in [0.3, 0.4) is 0 Å². The van der Waals surface area contributed by atoms with Crippen molar-refractivity contribution in [3.63, 3.8) is 0 Å². The van der Waals surface area contributed by atoms with Crippen molar-refractivity contribution in [3.8, 4) is 0 Å². The van der Waals surface area contributed by atoms with Crippen LogP contribution in [0.1, 0.15) is 46.5 Å². The molecule has 3 heteroatoms. The van der Waals surface area contributed by atoms with Gasteiger partial charge in [0.05, 0.1) is 0 Å². The van der Waals surface area contributed by atoms with Crippen LogP contribution < -0.4 is 5.32 Å². The van der Waals surface area contributed by atoms with Crippen LogP contribution in [0.4, 0.5) is 0 Å². The summed E-state index contributed by atoms with van der Waals surface area (Å²) in [4.78, 5) is 0. The maximum Gasteiger partial charge on any atom is 0.158 e. The summed E-state index contributed by atoms with van der Waals surface area (Å²) in [5, 5.41) is 3.53. The minimum absolute atomic E-state index is 0.0284. The first kappa shape index (κ1) is 13.9. The Bertz CT molecular complexity index is 175. The minimum Gasteiger partial charge on any atom is -0.353 e. The molecular formula is C13H27NO2. The number of hydrogen-bond acceptors (Lipinski definition) is 3. The van der Waals surface area contributed by atoms with Crippen LogP contribution >= 0.6 is 0 Å². The monoisotopic (exact) mass is 229 g/mol. The molecule has 0 spiro atoms. The Kier molecular flexibility index (Phi) is 6.32. The molecule has 0 bridgehead atoms. The van der Waals surface area contributed by atoms with Gasteiger partial charge in [0.15, 0.2) is 6.29 Å². The smallest absolute Gasteiger partial charge is 0.158 e. The van der Waals surface area contributed by atoms with Crippen LogP contribution in [0.5, 0.6) is 0 Å². The fourth-order valence-electron chi connectivity index (χ4n) is 1.99. The number of nitrogens with one attached hydrogen (secondary N) is 1. The first-order chi connectivity index (χ1) is 7.76. The highest BCUT2D eigenvalue weighted by atomic mass is 16.7. The van der Waals surface area contributed by atoms with E-state index in [2.05, 4.69) is 12.2 Å². The summed E-state index contributed by atoms with van der Waals surface area (Å²) in [6.07, 6.45) is 5.02. The zero-order valence-electron chi connectivity index (χ0n) is 11.1. The van der Waals surface area contributed by atoms with Crippen molar-refractivity contribution < 1.29 is 9.47 Å². The van der Waals surface area contributed by atoms with Gasteiger partial charge in [-0.2, -0.15) is 0 Å². The third-order valence-electron chi connectivity index (χ3n) is 3.47. The van der Waals surface area contributed by atoms with E-state index in [9.17, 15) is 0 Å². The average Bonchev–Trinajstić information content (AvgIpc) is 3.06. The fraction of sp³-hybridized carbons (Fsp3) is 1.00. The molecule has 0 aromatic heterocycles. The summed E-state index contributed by atoms with van der Waals surface area (Å²) >= 11 is 0. The van der Waals surface area contributed by atoms with Gasteiger partial charge in [-0.05, 0) is 45.1 Å². The van der Waals surface area contributed by atoms with E-state index in [-0.39, 0.29) is 6.29 Å². The molecule has 0 heterocycles. The van der Waals surface area contributed by atoms with Gasteiger partial charge in [0.25, 0.3) is 0 Å². The van der Waals surface area contributed by atoms with E-state index in [4.69, 9.17) is 9.47 Å². The Morgan fingerprint density at radius 1 is 1.12 bits per heavy atom. The third kappa shape index (κ3) is 4.81. The number of hydrogen-bond donors (Lipinski definition) is 1. The van der Waals surface area contributed by atoms with Gasteiger partial charge in [0.1, 0.15) is 0 Å². The fourth-order valence-corrected chi connectivity index (χ4v) is 1.99. The second-order valence-electron chi connectivity index (χ2n) is 4.66. The lowest BCUT2D eigenvalue weighted by Crippen LogP contribution is -2.29. The molecule has 0 saturated heterocycles. The van der Waals surface area contributed by atoms with Crippen molar-refractivity contribution in [2.24, 2.45) is 5.41 Å². The summed E-state index contributed by atoms with van der Waals surface area (Å²) in [5.41, 5.74) is 0.632. The van der Waals surface area contributed by atoms with E-state index < -0.39 is 0 Å². The SMILES string of the molecule is CCOC(CCNCC1(CC)CC1)OCC. The van der Waals surface area contributed by atoms with Crippen molar-refractivity contribution in [2.45, 2.75) is 52.7 Å². The molecule has 16 heavy (non-hydrogen) atoms. The molecule has 0 aromatic rings. The van der Waals surface area contributed by atoms with Crippen LogP contribution in [0, 0.1) is 5.41 Å². The summed E-state index contributed by atoms with van der Waals surface area (Å²) in [7, 11) is 0. The maximum atomic E-state index is 5.49. The Hall–Kier alpha value is -0.120. The molecule has 1 N–H and O–H groups in total. The normalized spacial score (nSPS) is 18.0. The van der Waals surface area contributed by atoms with E-state index in [0.717, 1.165) is 32.7 Å². The van der Waals surface area contributed by atoms with Gasteiger partial charge in [0.2, 0.25) is 0 Å². The second kappa shape index (κ2) is 7.25. The maximum absolute atomic E-state index is 5.49. The van der Waals surface area contributed by atoms with Crippen LogP contribution in [0.15, 0.2) is 0 Å². The quantitative estimate of drug-likeness (QED) is 0.461. The summed E-state index contributed by atoms with van der Waals surface area (Å²) < 4.78 is 11.0. The van der Waals surface area contributed by atoms with Gasteiger partial charge in [0, 0.05) is 26.2 Å². The van der Waals surface area contributed by atoms with Crippen molar-refractivity contribution in [1.82, 2.24) is 5.32 Å². The van der Waals surface area contributed by atoms with Crippen LogP contribution in [-0.4, -0.2) is 32.6 Å². The van der Waals surface area contributed by atoms with Gasteiger partial charge in [-0.25, -0.2) is 0 Å². The van der Waals surface area contributed by atoms with Crippen LogP contribution in [0.2, 0.25) is 0 Å². The lowest BCUT2D eigenvalue weighted by molar-refractivity contribution is -0.138. The van der Waals surface area contributed by atoms with Gasteiger partial charge in [-0.3, -0.25) is 0 Å². The molecule has 0 atom stereocenters. The van der Waals surface area contributed by atoms with Crippen molar-refractivity contribution in [3.05, 3.63) is 0 Å². The zero-order chi connectivity index (χ0) is 11.9. The number of ether oxygens (including phenoxy) is 2. The Morgan fingerprint density at radius 2 is 1.75 bits per heavy atom. The second-order valence-corrected chi connectivity index (χ2v) is 4.66. The molecule has 1 aliphatic carbocycles. The Morgan fingerprint density at radius 3 is 2.19 bits per heavy atom. The highest BCUT2D eigenvalue weighted by molar-refractivity contribution is 4.93. The lowest BCUT2D eigenvalue weighted by atomic mass is 10.0. The molecule has 96 valence electrons. The molecular weight excluding hydrogens is 202 g/mol. The molecule has 1 fully saturated rings. The van der Waals surface area contributed by atoms with Gasteiger partial charge in [-0.1, -0.05) is 6.92 Å². The van der Waals surface area contributed by atoms with Gasteiger partial charge in [-0.15, -0.1) is 0 Å². The Labute approximate surface area is 99.9 Å². The zero-order valence-corrected chi connectivity index (χ0v) is 11.1. The van der Waals surface area contributed by atoms with E-state index in [1.165, 1.54) is 19.3 Å². The van der Waals surface area contributed by atoms with E-state index >= 15 is 0 Å². The summed E-state index contributed by atoms with van der Waals surface area (Å²) in [6.45, 7) is 9.91. The van der Waals surface area contributed by atoms with Crippen molar-refractivity contribution in [1.29, 1.82) is 0 Å². The third-order valence-corrected chi connectivity index (χ3v) is 3.47. The van der Waals surface area contributed by atoms with Crippen LogP contribution in [-0.2, 0) is 9.47 Å². The number of rotatable bonds is 10. The first-order valence-electron chi connectivity index (χ1n) is 6.70. The topological polar surface area (TPSA) is 30.5 Å². The van der Waals surface area contributed by atoms with E-state index in [1.807, 2.05) is 13.8 Å². The highest BCUT2D eigenvalue weighted by Crippen LogP contribution is 2.47. The molecule has 0 aliphatic heterocycles. The Balaban J connectivity index is 2.03. The minimum atomic E-state index is -0.0284. The van der Waals surface area contributed by atoms with E-state index in [1.54, 1.807) is 0 Å². The largest absolute Gasteiger partial charge is 0.353 e. The standard InChI is InChI=1S/C13H27NO2/c1-4-13(8-9-13)11-14-10-7-12(15-5-2)16-6-3/h12,14H,4-11H2,1-3H3. The summed E-state index contributed by atoms with van der Waals surface area (Å²) in [6, 6.07) is 0. The van der Waals surface area contributed by atoms with Crippen molar-refractivity contribution in [2.75, 3.05) is 26.3 Å². The predicted octanol–water partition coefficient (Wildman–Crippen LogP) is 2.56. The predicted molar refractivity (Wildman–Crippen MR) is 66.5 cm³/mol. The molecule has 0 amide bonds. The lowest BCUT2D eigenvalue weighted by Gasteiger charge is -2.18. The molecule has 3 nitrogen and oxygen atoms in total. The molecule has 1 aliphatic rings. The molecule has 0 unspecified atom stereocenters. The van der Waals surface area contributed by atoms with Gasteiger partial charge < -0.3 is 14.8 Å². The van der Waals surface area contributed by atoms with Crippen molar-refractivity contribution >= 4 is 0 Å². The molecule has 1 rings (SSSR count). The molecule has 0 aromatic carbocycles. The summed E-state index contributed by atoms with van der Waals surface area (Å²) in [5.74, 6) is 0. The van der Waals surface area contributed by atoms with Crippen LogP contribution in [0.25, 0.3) is 0 Å². The molecule has 0 radical (unpaired) electrons. The van der Waals surface area contributed by atoms with E-state index in [0.29, 0.717) is 5.41 Å². The average molecular weight is 229 g/mol. The first-order valence-corrected chi connectivity index (χ1v) is 6.70. The van der Waals surface area contributed by atoms with Gasteiger partial charge >= 0.3 is 0 Å². The molecule has 1 saturated carbocycles.